The molecule has 0 atom stereocenters. The van der Waals surface area contributed by atoms with Gasteiger partial charge in [-0.25, -0.2) is 0 Å². The van der Waals surface area contributed by atoms with Crippen molar-refractivity contribution in [1.82, 2.24) is 15.1 Å². The average molecular weight is 392 g/mol. The summed E-state index contributed by atoms with van der Waals surface area (Å²) in [6.45, 7) is 2.68. The first kappa shape index (κ1) is 19.0. The molecule has 0 N–H and O–H groups in total. The Morgan fingerprint density at radius 1 is 1.00 bits per heavy atom. The minimum absolute atomic E-state index is 0.177. The Morgan fingerprint density at radius 3 is 2.41 bits per heavy atom. The van der Waals surface area contributed by atoms with Crippen molar-refractivity contribution >= 4 is 11.9 Å². The summed E-state index contributed by atoms with van der Waals surface area (Å²) in [7, 11) is 1.65. The third-order valence-corrected chi connectivity index (χ3v) is 5.12. The maximum absolute atomic E-state index is 12.6. The number of carbonyl (C=O) groups is 1. The fourth-order valence-electron chi connectivity index (χ4n) is 3.39. The van der Waals surface area contributed by atoms with Crippen molar-refractivity contribution in [2.24, 2.45) is 0 Å². The van der Waals surface area contributed by atoms with Crippen LogP contribution in [0, 0.1) is 0 Å². The summed E-state index contributed by atoms with van der Waals surface area (Å²) in [5, 5.41) is 8.32. The molecule has 1 fully saturated rings. The van der Waals surface area contributed by atoms with Crippen LogP contribution in [0.15, 0.2) is 59.0 Å². The number of carbonyl (C=O) groups excluding carboxylic acids is 1. The van der Waals surface area contributed by atoms with Crippen LogP contribution in [0.25, 0.3) is 11.5 Å². The lowest BCUT2D eigenvalue weighted by Gasteiger charge is -2.33. The molecule has 2 heterocycles. The van der Waals surface area contributed by atoms with Crippen molar-refractivity contribution in [3.63, 3.8) is 0 Å². The molecular formula is C22H24N4O3. The van der Waals surface area contributed by atoms with Gasteiger partial charge >= 0.3 is 6.01 Å². The van der Waals surface area contributed by atoms with Gasteiger partial charge in [-0.05, 0) is 36.2 Å². The Hall–Kier alpha value is -3.35. The van der Waals surface area contributed by atoms with Crippen molar-refractivity contribution in [2.45, 2.75) is 12.8 Å². The highest BCUT2D eigenvalue weighted by atomic mass is 16.5. The van der Waals surface area contributed by atoms with E-state index >= 15 is 0 Å². The zero-order valence-corrected chi connectivity index (χ0v) is 16.5. The van der Waals surface area contributed by atoms with Gasteiger partial charge in [-0.15, -0.1) is 5.10 Å². The zero-order chi connectivity index (χ0) is 20.1. The molecule has 29 heavy (non-hydrogen) atoms. The zero-order valence-electron chi connectivity index (χ0n) is 16.5. The molecule has 0 aliphatic carbocycles. The number of benzene rings is 2. The normalized spacial score (nSPS) is 14.1. The van der Waals surface area contributed by atoms with Gasteiger partial charge in [-0.3, -0.25) is 4.79 Å². The Bertz CT molecular complexity index is 932. The maximum atomic E-state index is 12.6. The van der Waals surface area contributed by atoms with E-state index in [0.29, 0.717) is 44.5 Å². The summed E-state index contributed by atoms with van der Waals surface area (Å²) in [5.74, 6) is 1.52. The lowest BCUT2D eigenvalue weighted by Crippen LogP contribution is -2.49. The van der Waals surface area contributed by atoms with Crippen LogP contribution in [0.4, 0.5) is 6.01 Å². The van der Waals surface area contributed by atoms with E-state index in [-0.39, 0.29) is 5.91 Å². The molecule has 0 radical (unpaired) electrons. The quantitative estimate of drug-likeness (QED) is 0.642. The largest absolute Gasteiger partial charge is 0.497 e. The number of ether oxygens (including phenoxy) is 1. The van der Waals surface area contributed by atoms with Crippen LogP contribution in [-0.4, -0.2) is 54.3 Å². The summed E-state index contributed by atoms with van der Waals surface area (Å²) in [4.78, 5) is 16.5. The van der Waals surface area contributed by atoms with Crippen molar-refractivity contribution in [1.29, 1.82) is 0 Å². The molecule has 7 nitrogen and oxygen atoms in total. The van der Waals surface area contributed by atoms with Crippen LogP contribution in [0.1, 0.15) is 12.0 Å². The summed E-state index contributed by atoms with van der Waals surface area (Å²) in [5.41, 5.74) is 2.04. The van der Waals surface area contributed by atoms with Crippen LogP contribution < -0.4 is 9.64 Å². The Balaban J connectivity index is 1.27. The average Bonchev–Trinajstić information content (AvgIpc) is 3.29. The van der Waals surface area contributed by atoms with Gasteiger partial charge in [0.1, 0.15) is 5.75 Å². The van der Waals surface area contributed by atoms with Crippen molar-refractivity contribution in [3.8, 4) is 17.2 Å². The molecule has 2 aromatic carbocycles. The molecule has 0 bridgehead atoms. The van der Waals surface area contributed by atoms with E-state index in [4.69, 9.17) is 9.15 Å². The number of amides is 1. The van der Waals surface area contributed by atoms with E-state index in [2.05, 4.69) is 10.2 Å². The van der Waals surface area contributed by atoms with E-state index in [1.165, 1.54) is 0 Å². The van der Waals surface area contributed by atoms with Crippen LogP contribution in [-0.2, 0) is 11.2 Å². The van der Waals surface area contributed by atoms with Gasteiger partial charge in [-0.2, -0.15) is 0 Å². The molecule has 0 unspecified atom stereocenters. The van der Waals surface area contributed by atoms with Crippen LogP contribution in [0.3, 0.4) is 0 Å². The summed E-state index contributed by atoms with van der Waals surface area (Å²) in [6, 6.07) is 18.1. The van der Waals surface area contributed by atoms with E-state index in [1.54, 1.807) is 7.11 Å². The molecule has 1 aliphatic rings. The predicted molar refractivity (Wildman–Crippen MR) is 110 cm³/mol. The van der Waals surface area contributed by atoms with Crippen LogP contribution in [0.5, 0.6) is 5.75 Å². The van der Waals surface area contributed by atoms with E-state index in [0.717, 1.165) is 23.3 Å². The number of rotatable bonds is 6. The minimum atomic E-state index is 0.177. The first-order chi connectivity index (χ1) is 14.2. The van der Waals surface area contributed by atoms with Crippen LogP contribution >= 0.6 is 0 Å². The number of nitrogens with zero attached hydrogens (tertiary/aromatic N) is 4. The highest BCUT2D eigenvalue weighted by Gasteiger charge is 2.24. The summed E-state index contributed by atoms with van der Waals surface area (Å²) < 4.78 is 11.0. The Kier molecular flexibility index (Phi) is 5.74. The molecule has 1 saturated heterocycles. The molecule has 0 saturated carbocycles. The fourth-order valence-corrected chi connectivity index (χ4v) is 3.39. The molecule has 1 amide bonds. The fraction of sp³-hybridized carbons (Fsp3) is 0.318. The number of methoxy groups -OCH3 is 1. The highest BCUT2D eigenvalue weighted by Crippen LogP contribution is 2.22. The van der Waals surface area contributed by atoms with Crippen molar-refractivity contribution < 1.29 is 13.9 Å². The predicted octanol–water partition coefficient (Wildman–Crippen LogP) is 3.03. The smallest absolute Gasteiger partial charge is 0.318 e. The first-order valence-corrected chi connectivity index (χ1v) is 9.77. The van der Waals surface area contributed by atoms with Gasteiger partial charge < -0.3 is 19.0 Å². The molecule has 0 spiro atoms. The number of piperazine rings is 1. The summed E-state index contributed by atoms with van der Waals surface area (Å²) in [6.07, 6.45) is 1.23. The molecule has 4 rings (SSSR count). The van der Waals surface area contributed by atoms with Gasteiger partial charge in [0.15, 0.2) is 0 Å². The van der Waals surface area contributed by atoms with Gasteiger partial charge in [0.05, 0.1) is 7.11 Å². The van der Waals surface area contributed by atoms with Gasteiger partial charge in [0.2, 0.25) is 11.8 Å². The lowest BCUT2D eigenvalue weighted by atomic mass is 10.1. The molecule has 1 aromatic heterocycles. The topological polar surface area (TPSA) is 71.7 Å². The van der Waals surface area contributed by atoms with Crippen molar-refractivity contribution in [3.05, 3.63) is 60.2 Å². The number of aryl methyl sites for hydroxylation is 1. The number of hydrogen-bond donors (Lipinski definition) is 0. The molecule has 7 heteroatoms. The third kappa shape index (κ3) is 4.56. The Labute approximate surface area is 169 Å². The van der Waals surface area contributed by atoms with E-state index < -0.39 is 0 Å². The second-order valence-electron chi connectivity index (χ2n) is 6.97. The number of hydrogen-bond acceptors (Lipinski definition) is 6. The number of anilines is 1. The van der Waals surface area contributed by atoms with Gasteiger partial charge in [0, 0.05) is 38.2 Å². The van der Waals surface area contributed by atoms with E-state index in [9.17, 15) is 4.79 Å². The van der Waals surface area contributed by atoms with Crippen LogP contribution in [0.2, 0.25) is 0 Å². The molecule has 3 aromatic rings. The maximum Gasteiger partial charge on any atom is 0.318 e. The minimum Gasteiger partial charge on any atom is -0.497 e. The highest BCUT2D eigenvalue weighted by molar-refractivity contribution is 5.76. The standard InChI is InChI=1S/C22H24N4O3/c1-28-19-10-7-17(8-11-19)9-12-20(27)25-13-15-26(16-14-25)22-24-23-21(29-22)18-5-3-2-4-6-18/h2-8,10-11H,9,12-16H2,1H3. The SMILES string of the molecule is COc1ccc(CCC(=O)N2CCN(c3nnc(-c4ccccc4)o3)CC2)cc1. The molecular weight excluding hydrogens is 368 g/mol. The summed E-state index contributed by atoms with van der Waals surface area (Å²) >= 11 is 0. The second kappa shape index (κ2) is 8.77. The second-order valence-corrected chi connectivity index (χ2v) is 6.97. The molecule has 1 aliphatic heterocycles. The lowest BCUT2D eigenvalue weighted by molar-refractivity contribution is -0.131. The third-order valence-electron chi connectivity index (χ3n) is 5.12. The first-order valence-electron chi connectivity index (χ1n) is 9.77. The number of aromatic nitrogens is 2. The Morgan fingerprint density at radius 2 is 1.72 bits per heavy atom. The van der Waals surface area contributed by atoms with Crippen molar-refractivity contribution in [2.75, 3.05) is 38.2 Å². The van der Waals surface area contributed by atoms with Gasteiger partial charge in [0.25, 0.3) is 0 Å². The monoisotopic (exact) mass is 392 g/mol. The van der Waals surface area contributed by atoms with Gasteiger partial charge in [-0.1, -0.05) is 35.4 Å². The molecule has 150 valence electrons. The van der Waals surface area contributed by atoms with E-state index in [1.807, 2.05) is 64.4 Å².